The summed E-state index contributed by atoms with van der Waals surface area (Å²) in [5.41, 5.74) is 8.62. The van der Waals surface area contributed by atoms with E-state index in [-0.39, 0.29) is 24.5 Å². The highest BCUT2D eigenvalue weighted by atomic mass is 32.1. The summed E-state index contributed by atoms with van der Waals surface area (Å²) in [5.74, 6) is 0.611. The number of benzene rings is 2. The number of hydrogen-bond acceptors (Lipinski definition) is 7. The van der Waals surface area contributed by atoms with Crippen molar-refractivity contribution in [2.45, 2.75) is 32.2 Å². The summed E-state index contributed by atoms with van der Waals surface area (Å²) >= 11 is 1.21. The van der Waals surface area contributed by atoms with Crippen LogP contribution in [0, 0.1) is 6.92 Å². The fraction of sp³-hybridized carbons (Fsp3) is 0.207. The zero-order chi connectivity index (χ0) is 27.8. The highest BCUT2D eigenvalue weighted by molar-refractivity contribution is 7.21. The predicted octanol–water partition coefficient (Wildman–Crippen LogP) is 5.29. The Kier molecular flexibility index (Phi) is 6.74. The maximum Gasteiger partial charge on any atom is 0.331 e. The van der Waals surface area contributed by atoms with Gasteiger partial charge in [-0.2, -0.15) is 0 Å². The number of carbonyl (C=O) groups excluding carboxylic acids is 3. The van der Waals surface area contributed by atoms with Gasteiger partial charge in [-0.15, -0.1) is 11.3 Å². The molecule has 0 spiro atoms. The van der Waals surface area contributed by atoms with Gasteiger partial charge in [0.2, 0.25) is 0 Å². The summed E-state index contributed by atoms with van der Waals surface area (Å²) < 4.78 is 5.96. The largest absolute Gasteiger partial charge is 0.457 e. The van der Waals surface area contributed by atoms with Crippen molar-refractivity contribution >= 4 is 62.2 Å². The van der Waals surface area contributed by atoms with Gasteiger partial charge in [-0.25, -0.2) is 14.8 Å². The van der Waals surface area contributed by atoms with E-state index in [1.807, 2.05) is 55.5 Å². The third-order valence-electron chi connectivity index (χ3n) is 6.92. The molecule has 2 aliphatic rings. The van der Waals surface area contributed by atoms with Gasteiger partial charge in [0.25, 0.3) is 11.8 Å². The molecule has 4 aromatic rings. The van der Waals surface area contributed by atoms with E-state index in [2.05, 4.69) is 20.6 Å². The number of pyridine rings is 1. The lowest BCUT2D eigenvalue weighted by molar-refractivity contribution is -0.116. The second-order valence-corrected chi connectivity index (χ2v) is 10.6. The van der Waals surface area contributed by atoms with Crippen molar-refractivity contribution < 1.29 is 19.1 Å². The Morgan fingerprint density at radius 1 is 1.18 bits per heavy atom. The van der Waals surface area contributed by atoms with Gasteiger partial charge in [0.05, 0.1) is 35.0 Å². The van der Waals surface area contributed by atoms with Crippen LogP contribution in [0.1, 0.15) is 34.5 Å². The normalized spacial score (nSPS) is 17.2. The number of anilines is 3. The number of nitrogens with zero attached hydrogens (tertiary/aromatic N) is 3. The third kappa shape index (κ3) is 4.69. The molecule has 10 nitrogen and oxygen atoms in total. The minimum Gasteiger partial charge on any atom is -0.457 e. The Balaban J connectivity index is 1.32. The van der Waals surface area contributed by atoms with E-state index in [4.69, 9.17) is 10.5 Å². The van der Waals surface area contributed by atoms with E-state index in [0.717, 1.165) is 17.7 Å². The van der Waals surface area contributed by atoms with E-state index < -0.39 is 5.91 Å². The molecule has 2 aromatic carbocycles. The van der Waals surface area contributed by atoms with Gasteiger partial charge in [-0.3, -0.25) is 14.5 Å². The van der Waals surface area contributed by atoms with Gasteiger partial charge in [0.1, 0.15) is 21.2 Å². The highest BCUT2D eigenvalue weighted by Gasteiger charge is 2.34. The molecule has 2 aromatic heterocycles. The van der Waals surface area contributed by atoms with Crippen LogP contribution in [-0.2, 0) is 4.79 Å². The number of thiophene rings is 1. The molecule has 1 atom stereocenters. The Hall–Kier alpha value is -4.61. The number of amides is 4. The van der Waals surface area contributed by atoms with E-state index in [0.29, 0.717) is 56.5 Å². The molecule has 1 saturated carbocycles. The van der Waals surface area contributed by atoms with Crippen LogP contribution >= 0.6 is 11.3 Å². The summed E-state index contributed by atoms with van der Waals surface area (Å²) in [6.07, 6.45) is 3.75. The van der Waals surface area contributed by atoms with Crippen LogP contribution in [0.4, 0.5) is 21.9 Å². The molecule has 4 N–H and O–H groups in total. The molecule has 1 fully saturated rings. The lowest BCUT2D eigenvalue weighted by Crippen LogP contribution is -2.39. The van der Waals surface area contributed by atoms with Crippen molar-refractivity contribution in [3.63, 3.8) is 0 Å². The minimum atomic E-state index is -0.413. The first kappa shape index (κ1) is 25.7. The van der Waals surface area contributed by atoms with Crippen LogP contribution in [0.2, 0.25) is 0 Å². The fourth-order valence-electron chi connectivity index (χ4n) is 5.10. The van der Waals surface area contributed by atoms with Crippen molar-refractivity contribution in [2.75, 3.05) is 16.8 Å². The molecular formula is C29H26N6O4S. The zero-order valence-corrected chi connectivity index (χ0v) is 22.5. The van der Waals surface area contributed by atoms with Gasteiger partial charge in [0.15, 0.2) is 0 Å². The van der Waals surface area contributed by atoms with Crippen molar-refractivity contribution in [1.29, 1.82) is 0 Å². The molecular weight excluding hydrogens is 528 g/mol. The van der Waals surface area contributed by atoms with Crippen molar-refractivity contribution in [1.82, 2.24) is 10.3 Å². The number of urea groups is 1. The van der Waals surface area contributed by atoms with Crippen molar-refractivity contribution in [3.05, 3.63) is 71.2 Å². The molecule has 202 valence electrons. The van der Waals surface area contributed by atoms with Crippen molar-refractivity contribution in [2.24, 2.45) is 10.7 Å². The van der Waals surface area contributed by atoms with Crippen molar-refractivity contribution in [3.8, 4) is 11.5 Å². The summed E-state index contributed by atoms with van der Waals surface area (Å²) in [7, 11) is 0. The predicted molar refractivity (Wildman–Crippen MR) is 155 cm³/mol. The van der Waals surface area contributed by atoms with E-state index in [9.17, 15) is 14.4 Å². The number of ether oxygens (including phenoxy) is 1. The van der Waals surface area contributed by atoms with Gasteiger partial charge in [-0.1, -0.05) is 18.2 Å². The van der Waals surface area contributed by atoms with Crippen LogP contribution in [0.5, 0.6) is 11.5 Å². The van der Waals surface area contributed by atoms with Crippen LogP contribution in [0.25, 0.3) is 10.2 Å². The standard InChI is InChI=1S/C29H26N6O4S/c1-16-14-18(39-17-6-3-2-4-7-17)10-11-21(16)35-22-12-13-31-28-24(22)25(34-29(35)38)26(40-28)27(37)33-20-9-5-8-19(20)32-23(36)15-30/h2-4,6-7,10-14,20H,5,8-9,15,30H2,1H3,(H,33,37)(H,34,38)/t20-/m1/s1. The lowest BCUT2D eigenvalue weighted by Gasteiger charge is -2.29. The van der Waals surface area contributed by atoms with E-state index in [1.165, 1.54) is 11.3 Å². The quantitative estimate of drug-likeness (QED) is 0.296. The lowest BCUT2D eigenvalue weighted by atomic mass is 10.1. The minimum absolute atomic E-state index is 0.177. The number of para-hydroxylation sites is 1. The Morgan fingerprint density at radius 3 is 2.77 bits per heavy atom. The molecule has 0 saturated heterocycles. The van der Waals surface area contributed by atoms with Gasteiger partial charge in [-0.05, 0) is 68.1 Å². The molecule has 3 heterocycles. The molecule has 0 bridgehead atoms. The van der Waals surface area contributed by atoms with Gasteiger partial charge in [0, 0.05) is 11.9 Å². The molecule has 4 amide bonds. The Labute approximate surface area is 233 Å². The number of aryl methyl sites for hydroxylation is 1. The Morgan fingerprint density at radius 2 is 2.00 bits per heavy atom. The molecule has 6 rings (SSSR count). The third-order valence-corrected chi connectivity index (χ3v) is 8.01. The van der Waals surface area contributed by atoms with Crippen LogP contribution < -0.4 is 26.0 Å². The maximum absolute atomic E-state index is 13.5. The monoisotopic (exact) mass is 554 g/mol. The first-order valence-corrected chi connectivity index (χ1v) is 13.7. The topological polar surface area (TPSA) is 139 Å². The molecule has 0 unspecified atom stereocenters. The number of rotatable bonds is 6. The summed E-state index contributed by atoms with van der Waals surface area (Å²) in [6.45, 7) is 1.74. The average Bonchev–Trinajstić information content (AvgIpc) is 3.55. The summed E-state index contributed by atoms with van der Waals surface area (Å²) in [6, 6.07) is 16.0. The summed E-state index contributed by atoms with van der Waals surface area (Å²) in [4.78, 5) is 49.8. The van der Waals surface area contributed by atoms with Gasteiger partial charge < -0.3 is 21.1 Å². The van der Waals surface area contributed by atoms with E-state index >= 15 is 0 Å². The molecule has 1 aliphatic carbocycles. The summed E-state index contributed by atoms with van der Waals surface area (Å²) in [5, 5.41) is 6.61. The van der Waals surface area contributed by atoms with Crippen LogP contribution in [0.3, 0.4) is 0 Å². The maximum atomic E-state index is 13.5. The zero-order valence-electron chi connectivity index (χ0n) is 21.6. The molecule has 0 radical (unpaired) electrons. The highest BCUT2D eigenvalue weighted by Crippen LogP contribution is 2.46. The number of hydrogen-bond donors (Lipinski definition) is 3. The first-order valence-electron chi connectivity index (χ1n) is 12.9. The smallest absolute Gasteiger partial charge is 0.331 e. The second kappa shape index (κ2) is 10.5. The number of aliphatic imine (C=N–C) groups is 1. The fourth-order valence-corrected chi connectivity index (χ4v) is 6.12. The molecule has 11 heteroatoms. The molecule has 40 heavy (non-hydrogen) atoms. The van der Waals surface area contributed by atoms with E-state index in [1.54, 1.807) is 17.2 Å². The van der Waals surface area contributed by atoms with Crippen LogP contribution in [0.15, 0.2) is 65.8 Å². The number of carbonyl (C=O) groups is 3. The molecule has 1 aliphatic heterocycles. The van der Waals surface area contributed by atoms with Crippen LogP contribution in [-0.4, -0.2) is 41.1 Å². The number of aromatic nitrogens is 1. The second-order valence-electron chi connectivity index (χ2n) is 9.56. The number of nitrogens with two attached hydrogens (primary N) is 1. The SMILES string of the molecule is Cc1cc(Oc2ccccc2)ccc1N1C(=O)Nc2c(C(=O)N[C@@H]3CCCC3=NC(=O)CN)sc3nccc1c23. The first-order chi connectivity index (χ1) is 19.4. The number of nitrogens with one attached hydrogen (secondary N) is 2. The van der Waals surface area contributed by atoms with Gasteiger partial charge >= 0.3 is 6.03 Å². The Bertz CT molecular complexity index is 1680. The average molecular weight is 555 g/mol.